The Hall–Kier alpha value is -2.32. The molecule has 2 aromatic carbocycles. The van der Waals surface area contributed by atoms with E-state index in [1.165, 1.54) is 12.1 Å². The highest BCUT2D eigenvalue weighted by atomic mass is 19.1. The Balaban J connectivity index is 2.43. The van der Waals surface area contributed by atoms with E-state index in [1.54, 1.807) is 30.3 Å². The lowest BCUT2D eigenvalue weighted by Crippen LogP contribution is -1.78. The highest BCUT2D eigenvalue weighted by Gasteiger charge is 1.98. The lowest BCUT2D eigenvalue weighted by molar-refractivity contribution is 0.628. The number of hydrogen-bond acceptors (Lipinski definition) is 1. The molecule has 2 aromatic rings. The second-order valence-corrected chi connectivity index (χ2v) is 3.25. The maximum absolute atomic E-state index is 12.7. The van der Waals surface area contributed by atoms with Crippen LogP contribution in [0.25, 0.3) is 21.6 Å². The molecule has 0 radical (unpaired) electrons. The standard InChI is InChI=1S/C12H8FN3/c13-11-6-4-9(5-7-11)10-2-1-3-12(8-10)15-16-14/h1-8H. The summed E-state index contributed by atoms with van der Waals surface area (Å²) in [6.07, 6.45) is 0. The van der Waals surface area contributed by atoms with Gasteiger partial charge in [0.1, 0.15) is 5.82 Å². The van der Waals surface area contributed by atoms with Gasteiger partial charge in [0, 0.05) is 10.6 Å². The molecule has 0 saturated carbocycles. The van der Waals surface area contributed by atoms with Crippen molar-refractivity contribution in [3.8, 4) is 11.1 Å². The summed E-state index contributed by atoms with van der Waals surface area (Å²) in [4.78, 5) is 2.72. The average molecular weight is 213 g/mol. The van der Waals surface area contributed by atoms with Crippen molar-refractivity contribution in [1.29, 1.82) is 0 Å². The molecular formula is C12H8FN3. The number of nitrogens with zero attached hydrogens (tertiary/aromatic N) is 3. The van der Waals surface area contributed by atoms with E-state index < -0.39 is 0 Å². The van der Waals surface area contributed by atoms with Crippen LogP contribution < -0.4 is 0 Å². The summed E-state index contributed by atoms with van der Waals surface area (Å²) in [7, 11) is 0. The van der Waals surface area contributed by atoms with Crippen LogP contribution in [0.5, 0.6) is 0 Å². The Morgan fingerprint density at radius 2 is 1.75 bits per heavy atom. The molecule has 0 spiro atoms. The van der Waals surface area contributed by atoms with Crippen LogP contribution in [0.15, 0.2) is 53.6 Å². The van der Waals surface area contributed by atoms with Crippen molar-refractivity contribution in [2.45, 2.75) is 0 Å². The summed E-state index contributed by atoms with van der Waals surface area (Å²) < 4.78 is 12.7. The molecule has 0 fully saturated rings. The number of benzene rings is 2. The third kappa shape index (κ3) is 2.19. The van der Waals surface area contributed by atoms with Gasteiger partial charge in [0.05, 0.1) is 0 Å². The van der Waals surface area contributed by atoms with Gasteiger partial charge in [-0.1, -0.05) is 35.4 Å². The van der Waals surface area contributed by atoms with Crippen LogP contribution in [0.3, 0.4) is 0 Å². The average Bonchev–Trinajstić information content (AvgIpc) is 2.31. The second kappa shape index (κ2) is 4.47. The van der Waals surface area contributed by atoms with E-state index in [0.29, 0.717) is 5.69 Å². The van der Waals surface area contributed by atoms with Crippen molar-refractivity contribution in [3.63, 3.8) is 0 Å². The molecule has 0 saturated heterocycles. The summed E-state index contributed by atoms with van der Waals surface area (Å²) in [5.74, 6) is -0.269. The predicted molar refractivity (Wildman–Crippen MR) is 60.6 cm³/mol. The maximum atomic E-state index is 12.7. The quantitative estimate of drug-likeness (QED) is 0.402. The van der Waals surface area contributed by atoms with Gasteiger partial charge in [-0.05, 0) is 34.9 Å². The molecular weight excluding hydrogens is 205 g/mol. The van der Waals surface area contributed by atoms with Gasteiger partial charge in [-0.3, -0.25) is 0 Å². The van der Waals surface area contributed by atoms with Crippen molar-refractivity contribution >= 4 is 5.69 Å². The molecule has 0 heterocycles. The van der Waals surface area contributed by atoms with Gasteiger partial charge in [0.25, 0.3) is 0 Å². The second-order valence-electron chi connectivity index (χ2n) is 3.25. The van der Waals surface area contributed by atoms with Crippen molar-refractivity contribution in [2.24, 2.45) is 5.11 Å². The molecule has 0 amide bonds. The topological polar surface area (TPSA) is 48.8 Å². The molecule has 4 heteroatoms. The van der Waals surface area contributed by atoms with Crippen LogP contribution >= 0.6 is 0 Å². The Labute approximate surface area is 91.8 Å². The van der Waals surface area contributed by atoms with Gasteiger partial charge in [-0.2, -0.15) is 0 Å². The fourth-order valence-corrected chi connectivity index (χ4v) is 1.44. The van der Waals surface area contributed by atoms with Crippen LogP contribution in [-0.2, 0) is 0 Å². The fourth-order valence-electron chi connectivity index (χ4n) is 1.44. The predicted octanol–water partition coefficient (Wildman–Crippen LogP) is 4.43. The van der Waals surface area contributed by atoms with Gasteiger partial charge in [-0.15, -0.1) is 0 Å². The zero-order chi connectivity index (χ0) is 11.4. The molecule has 0 atom stereocenters. The zero-order valence-electron chi connectivity index (χ0n) is 8.34. The highest BCUT2D eigenvalue weighted by Crippen LogP contribution is 2.24. The van der Waals surface area contributed by atoms with Crippen LogP contribution in [0.4, 0.5) is 10.1 Å². The molecule has 16 heavy (non-hydrogen) atoms. The zero-order valence-corrected chi connectivity index (χ0v) is 8.34. The lowest BCUT2D eigenvalue weighted by atomic mass is 10.1. The van der Waals surface area contributed by atoms with Gasteiger partial charge >= 0.3 is 0 Å². The Bertz CT molecular complexity index is 542. The van der Waals surface area contributed by atoms with E-state index in [4.69, 9.17) is 5.53 Å². The SMILES string of the molecule is [N-]=[N+]=Nc1cccc(-c2ccc(F)cc2)c1. The Morgan fingerprint density at radius 3 is 2.44 bits per heavy atom. The van der Waals surface area contributed by atoms with Crippen LogP contribution in [0.2, 0.25) is 0 Å². The molecule has 78 valence electrons. The summed E-state index contributed by atoms with van der Waals surface area (Å²) in [5.41, 5.74) is 10.7. The molecule has 2 rings (SSSR count). The minimum absolute atomic E-state index is 0.269. The molecule has 0 aliphatic rings. The number of halogens is 1. The fraction of sp³-hybridized carbons (Fsp3) is 0. The van der Waals surface area contributed by atoms with Gasteiger partial charge in [0.2, 0.25) is 0 Å². The first-order chi connectivity index (χ1) is 7.79. The number of hydrogen-bond donors (Lipinski definition) is 0. The summed E-state index contributed by atoms with van der Waals surface area (Å²) >= 11 is 0. The van der Waals surface area contributed by atoms with Crippen molar-refractivity contribution in [2.75, 3.05) is 0 Å². The van der Waals surface area contributed by atoms with E-state index in [9.17, 15) is 4.39 Å². The van der Waals surface area contributed by atoms with Gasteiger partial charge in [-0.25, -0.2) is 4.39 Å². The maximum Gasteiger partial charge on any atom is 0.123 e. The van der Waals surface area contributed by atoms with E-state index in [1.807, 2.05) is 6.07 Å². The van der Waals surface area contributed by atoms with E-state index in [0.717, 1.165) is 11.1 Å². The third-order valence-electron chi connectivity index (χ3n) is 2.18. The Kier molecular flexibility index (Phi) is 2.85. The molecule has 0 unspecified atom stereocenters. The lowest BCUT2D eigenvalue weighted by Gasteiger charge is -2.02. The number of rotatable bonds is 2. The minimum Gasteiger partial charge on any atom is -0.207 e. The largest absolute Gasteiger partial charge is 0.207 e. The molecule has 0 aliphatic heterocycles. The van der Waals surface area contributed by atoms with Gasteiger partial charge < -0.3 is 0 Å². The highest BCUT2D eigenvalue weighted by molar-refractivity contribution is 5.66. The smallest absolute Gasteiger partial charge is 0.123 e. The Morgan fingerprint density at radius 1 is 1.00 bits per heavy atom. The van der Waals surface area contributed by atoms with Crippen molar-refractivity contribution < 1.29 is 4.39 Å². The molecule has 3 nitrogen and oxygen atoms in total. The third-order valence-corrected chi connectivity index (χ3v) is 2.18. The van der Waals surface area contributed by atoms with Gasteiger partial charge in [0.15, 0.2) is 0 Å². The number of azide groups is 1. The molecule has 0 aliphatic carbocycles. The minimum atomic E-state index is -0.269. The van der Waals surface area contributed by atoms with E-state index in [-0.39, 0.29) is 5.82 Å². The van der Waals surface area contributed by atoms with Crippen molar-refractivity contribution in [3.05, 3.63) is 64.8 Å². The molecule has 0 N–H and O–H groups in total. The summed E-state index contributed by atoms with van der Waals surface area (Å²) in [6.45, 7) is 0. The van der Waals surface area contributed by atoms with E-state index >= 15 is 0 Å². The first kappa shape index (κ1) is 10.2. The summed E-state index contributed by atoms with van der Waals surface area (Å²) in [5, 5.41) is 3.52. The van der Waals surface area contributed by atoms with Crippen LogP contribution in [-0.4, -0.2) is 0 Å². The molecule has 0 aromatic heterocycles. The first-order valence-electron chi connectivity index (χ1n) is 4.71. The molecule has 0 bridgehead atoms. The van der Waals surface area contributed by atoms with Crippen molar-refractivity contribution in [1.82, 2.24) is 0 Å². The van der Waals surface area contributed by atoms with Crippen LogP contribution in [0.1, 0.15) is 0 Å². The monoisotopic (exact) mass is 213 g/mol. The summed E-state index contributed by atoms with van der Waals surface area (Å²) in [6, 6.07) is 13.3. The van der Waals surface area contributed by atoms with Crippen LogP contribution in [0, 0.1) is 5.82 Å². The van der Waals surface area contributed by atoms with E-state index in [2.05, 4.69) is 10.0 Å². The first-order valence-corrected chi connectivity index (χ1v) is 4.71. The normalized spacial score (nSPS) is 9.56.